The largest absolute Gasteiger partial charge is 0.493 e. The molecule has 148 valence electrons. The van der Waals surface area contributed by atoms with E-state index in [0.717, 1.165) is 5.56 Å². The van der Waals surface area contributed by atoms with Crippen molar-refractivity contribution in [2.75, 3.05) is 14.2 Å². The average Bonchev–Trinajstić information content (AvgIpc) is 2.71. The van der Waals surface area contributed by atoms with Crippen molar-refractivity contribution in [3.8, 4) is 11.5 Å². The number of hydrogen-bond acceptors (Lipinski definition) is 5. The lowest BCUT2D eigenvalue weighted by Gasteiger charge is -2.14. The molecule has 0 bridgehead atoms. The van der Waals surface area contributed by atoms with E-state index in [1.54, 1.807) is 25.1 Å². The number of nitrogens with zero attached hydrogens (tertiary/aromatic N) is 1. The Morgan fingerprint density at radius 2 is 1.71 bits per heavy atom. The first kappa shape index (κ1) is 21.0. The summed E-state index contributed by atoms with van der Waals surface area (Å²) >= 11 is 0. The summed E-state index contributed by atoms with van der Waals surface area (Å²) in [5.41, 5.74) is 4.33. The number of carbonyl (C=O) groups excluding carboxylic acids is 2. The quantitative estimate of drug-likeness (QED) is 0.542. The lowest BCUT2D eigenvalue weighted by molar-refractivity contribution is -0.120. The highest BCUT2D eigenvalue weighted by Crippen LogP contribution is 2.27. The minimum absolute atomic E-state index is 0.0867. The van der Waals surface area contributed by atoms with Gasteiger partial charge in [0, 0.05) is 11.3 Å². The Balaban J connectivity index is 1.91. The van der Waals surface area contributed by atoms with Gasteiger partial charge in [-0.2, -0.15) is 5.10 Å². The van der Waals surface area contributed by atoms with Crippen LogP contribution in [-0.2, 0) is 4.79 Å². The van der Waals surface area contributed by atoms with Gasteiger partial charge >= 0.3 is 0 Å². The van der Waals surface area contributed by atoms with Crippen LogP contribution in [0.1, 0.15) is 42.2 Å². The van der Waals surface area contributed by atoms with Crippen molar-refractivity contribution in [3.63, 3.8) is 0 Å². The molecule has 0 radical (unpaired) electrons. The molecule has 2 N–H and O–H groups in total. The van der Waals surface area contributed by atoms with E-state index in [2.05, 4.69) is 15.8 Å². The van der Waals surface area contributed by atoms with Gasteiger partial charge in [-0.1, -0.05) is 30.3 Å². The van der Waals surface area contributed by atoms with Crippen LogP contribution in [0.15, 0.2) is 53.6 Å². The van der Waals surface area contributed by atoms with Crippen LogP contribution in [0.5, 0.6) is 11.5 Å². The van der Waals surface area contributed by atoms with Crippen molar-refractivity contribution in [1.82, 2.24) is 10.7 Å². The van der Waals surface area contributed by atoms with E-state index >= 15 is 0 Å². The molecule has 1 atom stereocenters. The van der Waals surface area contributed by atoms with Crippen LogP contribution in [0.25, 0.3) is 0 Å². The Morgan fingerprint density at radius 3 is 2.36 bits per heavy atom. The number of methoxy groups -OCH3 is 2. The van der Waals surface area contributed by atoms with Gasteiger partial charge in [0.25, 0.3) is 5.91 Å². The van der Waals surface area contributed by atoms with Crippen molar-refractivity contribution in [3.05, 3.63) is 59.7 Å². The fourth-order valence-corrected chi connectivity index (χ4v) is 2.58. The Hall–Kier alpha value is -3.35. The van der Waals surface area contributed by atoms with Gasteiger partial charge in [0.2, 0.25) is 5.91 Å². The zero-order valence-corrected chi connectivity index (χ0v) is 16.5. The van der Waals surface area contributed by atoms with Gasteiger partial charge in [0.05, 0.1) is 26.7 Å². The van der Waals surface area contributed by atoms with Crippen molar-refractivity contribution < 1.29 is 19.1 Å². The average molecular weight is 383 g/mol. The van der Waals surface area contributed by atoms with Crippen LogP contribution in [0.4, 0.5) is 0 Å². The van der Waals surface area contributed by atoms with E-state index in [1.807, 2.05) is 37.3 Å². The van der Waals surface area contributed by atoms with Crippen molar-refractivity contribution >= 4 is 17.5 Å². The number of hydrazone groups is 1. The number of amides is 2. The lowest BCUT2D eigenvalue weighted by atomic mass is 10.1. The third-order valence-corrected chi connectivity index (χ3v) is 4.09. The Kier molecular flexibility index (Phi) is 7.56. The van der Waals surface area contributed by atoms with Crippen molar-refractivity contribution in [2.24, 2.45) is 5.10 Å². The summed E-state index contributed by atoms with van der Waals surface area (Å²) in [4.78, 5) is 24.4. The lowest BCUT2D eigenvalue weighted by Crippen LogP contribution is -2.28. The molecule has 2 aromatic carbocycles. The second kappa shape index (κ2) is 10.1. The first-order valence-electron chi connectivity index (χ1n) is 8.84. The molecule has 2 amide bonds. The van der Waals surface area contributed by atoms with Gasteiger partial charge in [-0.3, -0.25) is 9.59 Å². The van der Waals surface area contributed by atoms with Gasteiger partial charge in [0.1, 0.15) is 0 Å². The first-order chi connectivity index (χ1) is 13.4. The fourth-order valence-electron chi connectivity index (χ4n) is 2.58. The molecule has 2 aromatic rings. The Morgan fingerprint density at radius 1 is 1.04 bits per heavy atom. The molecule has 0 saturated heterocycles. The smallest absolute Gasteiger partial charge is 0.271 e. The molecule has 2 rings (SSSR count). The molecule has 7 nitrogen and oxygen atoms in total. The molecular formula is C21H25N3O4. The van der Waals surface area contributed by atoms with Crippen molar-refractivity contribution in [2.45, 2.75) is 26.3 Å². The van der Waals surface area contributed by atoms with Gasteiger partial charge in [-0.25, -0.2) is 5.43 Å². The third kappa shape index (κ3) is 5.84. The number of benzene rings is 2. The standard InChI is InChI=1S/C21H25N3O4/c1-14(12-20(25)22-15(2)16-8-6-5-7-9-16)23-24-21(26)17-10-11-18(27-3)19(13-17)28-4/h5-11,13,15H,12H2,1-4H3,(H,22,25)(H,24,26)/b23-14+. The SMILES string of the molecule is COc1ccc(C(=O)N/N=C(\C)CC(=O)NC(C)c2ccccc2)cc1OC. The zero-order valence-electron chi connectivity index (χ0n) is 16.5. The molecule has 0 saturated carbocycles. The maximum atomic E-state index is 12.3. The minimum Gasteiger partial charge on any atom is -0.493 e. The second-order valence-electron chi connectivity index (χ2n) is 6.23. The summed E-state index contributed by atoms with van der Waals surface area (Å²) in [5.74, 6) is 0.407. The molecular weight excluding hydrogens is 358 g/mol. The summed E-state index contributed by atoms with van der Waals surface area (Å²) in [6.07, 6.45) is 0.0867. The van der Waals surface area contributed by atoms with Gasteiger partial charge < -0.3 is 14.8 Å². The fraction of sp³-hybridized carbons (Fsp3) is 0.286. The molecule has 0 aromatic heterocycles. The zero-order chi connectivity index (χ0) is 20.5. The molecule has 0 spiro atoms. The van der Waals surface area contributed by atoms with E-state index in [9.17, 15) is 9.59 Å². The van der Waals surface area contributed by atoms with E-state index in [1.165, 1.54) is 14.2 Å². The number of carbonyl (C=O) groups is 2. The maximum Gasteiger partial charge on any atom is 0.271 e. The van der Waals surface area contributed by atoms with Crippen LogP contribution in [-0.4, -0.2) is 31.7 Å². The predicted molar refractivity (Wildman–Crippen MR) is 108 cm³/mol. The van der Waals surface area contributed by atoms with Crippen LogP contribution in [0.2, 0.25) is 0 Å². The summed E-state index contributed by atoms with van der Waals surface area (Å²) in [6, 6.07) is 14.4. The predicted octanol–water partition coefficient (Wildman–Crippen LogP) is 3.08. The molecule has 1 unspecified atom stereocenters. The van der Waals surface area contributed by atoms with E-state index < -0.39 is 5.91 Å². The molecule has 7 heteroatoms. The molecule has 0 heterocycles. The highest BCUT2D eigenvalue weighted by Gasteiger charge is 2.12. The third-order valence-electron chi connectivity index (χ3n) is 4.09. The van der Waals surface area contributed by atoms with E-state index in [-0.39, 0.29) is 18.4 Å². The van der Waals surface area contributed by atoms with Crippen LogP contribution < -0.4 is 20.2 Å². The van der Waals surface area contributed by atoms with Gasteiger partial charge in [0.15, 0.2) is 11.5 Å². The topological polar surface area (TPSA) is 89.0 Å². The van der Waals surface area contributed by atoms with Crippen LogP contribution in [0.3, 0.4) is 0 Å². The van der Waals surface area contributed by atoms with E-state index in [4.69, 9.17) is 9.47 Å². The molecule has 0 fully saturated rings. The monoisotopic (exact) mass is 383 g/mol. The number of rotatable bonds is 8. The van der Waals surface area contributed by atoms with Crippen LogP contribution in [0, 0.1) is 0 Å². The Labute approximate surface area is 164 Å². The van der Waals surface area contributed by atoms with Crippen molar-refractivity contribution in [1.29, 1.82) is 0 Å². The normalized spacial score (nSPS) is 12.1. The molecule has 0 aliphatic carbocycles. The summed E-state index contributed by atoms with van der Waals surface area (Å²) in [6.45, 7) is 3.60. The van der Waals surface area contributed by atoms with Crippen LogP contribution >= 0.6 is 0 Å². The summed E-state index contributed by atoms with van der Waals surface area (Å²) < 4.78 is 10.3. The molecule has 0 aliphatic heterocycles. The molecule has 28 heavy (non-hydrogen) atoms. The van der Waals surface area contributed by atoms with Gasteiger partial charge in [-0.15, -0.1) is 0 Å². The van der Waals surface area contributed by atoms with E-state index in [0.29, 0.717) is 22.8 Å². The first-order valence-corrected chi connectivity index (χ1v) is 8.84. The molecule has 0 aliphatic rings. The number of ether oxygens (including phenoxy) is 2. The van der Waals surface area contributed by atoms with Gasteiger partial charge in [-0.05, 0) is 37.6 Å². The highest BCUT2D eigenvalue weighted by atomic mass is 16.5. The minimum atomic E-state index is -0.404. The Bertz CT molecular complexity index is 850. The number of nitrogens with one attached hydrogen (secondary N) is 2. The number of hydrogen-bond donors (Lipinski definition) is 2. The maximum absolute atomic E-state index is 12.3. The summed E-state index contributed by atoms with van der Waals surface area (Å²) in [7, 11) is 3.02. The second-order valence-corrected chi connectivity index (χ2v) is 6.23. The highest BCUT2D eigenvalue weighted by molar-refractivity contribution is 6.01. The summed E-state index contributed by atoms with van der Waals surface area (Å²) in [5, 5.41) is 6.91.